The van der Waals surface area contributed by atoms with Gasteiger partial charge in [0.1, 0.15) is 0 Å². The second-order valence-corrected chi connectivity index (χ2v) is 5.18. The minimum Gasteiger partial charge on any atom is -0.310 e. The molecule has 0 radical (unpaired) electrons. The molecule has 0 aliphatic rings. The van der Waals surface area contributed by atoms with Crippen molar-refractivity contribution in [3.05, 3.63) is 29.8 Å². The lowest BCUT2D eigenvalue weighted by atomic mass is 10.1. The summed E-state index contributed by atoms with van der Waals surface area (Å²) < 4.78 is 0. The number of rotatable bonds is 5. The van der Waals surface area contributed by atoms with Crippen LogP contribution in [0.25, 0.3) is 0 Å². The Morgan fingerprint density at radius 3 is 2.20 bits per heavy atom. The second kappa shape index (κ2) is 6.19. The molecule has 2 heteroatoms. The lowest BCUT2D eigenvalue weighted by Crippen LogP contribution is -2.23. The summed E-state index contributed by atoms with van der Waals surface area (Å²) in [6, 6.07) is 9.25. The summed E-state index contributed by atoms with van der Waals surface area (Å²) in [6.07, 6.45) is 2.11. The predicted molar refractivity (Wildman–Crippen MR) is 69.5 cm³/mol. The van der Waals surface area contributed by atoms with Gasteiger partial charge in [-0.05, 0) is 43.3 Å². The Balaban J connectivity index is 2.54. The Morgan fingerprint density at radius 2 is 1.73 bits per heavy atom. The number of benzene rings is 1. The monoisotopic (exact) mass is 223 g/mol. The molecule has 0 aliphatic heterocycles. The van der Waals surface area contributed by atoms with Crippen molar-refractivity contribution in [3.8, 4) is 0 Å². The maximum absolute atomic E-state index is 3.53. The molecule has 0 saturated carbocycles. The third-order valence-electron chi connectivity index (χ3n) is 2.45. The summed E-state index contributed by atoms with van der Waals surface area (Å²) in [5.41, 5.74) is 1.37. The van der Waals surface area contributed by atoms with E-state index in [-0.39, 0.29) is 0 Å². The molecule has 1 N–H and O–H groups in total. The first-order chi connectivity index (χ1) is 7.13. The van der Waals surface area contributed by atoms with Gasteiger partial charge in [-0.2, -0.15) is 0 Å². The number of hydrogen-bond donors (Lipinski definition) is 1. The molecule has 0 bridgehead atoms. The van der Waals surface area contributed by atoms with Gasteiger partial charge in [-0.1, -0.05) is 26.0 Å². The van der Waals surface area contributed by atoms with Crippen molar-refractivity contribution in [2.24, 2.45) is 5.92 Å². The van der Waals surface area contributed by atoms with Gasteiger partial charge < -0.3 is 5.32 Å². The summed E-state index contributed by atoms with van der Waals surface area (Å²) >= 11 is 1.79. The molecule has 1 aromatic rings. The summed E-state index contributed by atoms with van der Waals surface area (Å²) in [6.45, 7) is 7.76. The van der Waals surface area contributed by atoms with E-state index in [2.05, 4.69) is 56.6 Å². The van der Waals surface area contributed by atoms with Crippen LogP contribution in [0.3, 0.4) is 0 Å². The number of hydrogen-bond acceptors (Lipinski definition) is 2. The molecule has 1 nitrogen and oxygen atoms in total. The van der Waals surface area contributed by atoms with Crippen LogP contribution in [-0.2, 0) is 0 Å². The molecule has 0 fully saturated rings. The molecular weight excluding hydrogens is 202 g/mol. The van der Waals surface area contributed by atoms with E-state index in [1.807, 2.05) is 0 Å². The summed E-state index contributed by atoms with van der Waals surface area (Å²) in [5, 5.41) is 3.53. The van der Waals surface area contributed by atoms with Crippen molar-refractivity contribution in [1.82, 2.24) is 5.32 Å². The summed E-state index contributed by atoms with van der Waals surface area (Å²) in [5.74, 6) is 0.706. The third-order valence-corrected chi connectivity index (χ3v) is 3.19. The van der Waals surface area contributed by atoms with E-state index in [9.17, 15) is 0 Å². The molecule has 0 heterocycles. The normalized spacial score (nSPS) is 13.1. The molecule has 15 heavy (non-hydrogen) atoms. The predicted octanol–water partition coefficient (Wildman–Crippen LogP) is 3.72. The minimum atomic E-state index is 0.448. The molecule has 1 aromatic carbocycles. The van der Waals surface area contributed by atoms with E-state index in [0.717, 1.165) is 6.54 Å². The lowest BCUT2D eigenvalue weighted by molar-refractivity contribution is 0.496. The topological polar surface area (TPSA) is 12.0 Å². The highest BCUT2D eigenvalue weighted by molar-refractivity contribution is 7.98. The molecule has 0 unspecified atom stereocenters. The average Bonchev–Trinajstić information content (AvgIpc) is 2.26. The zero-order chi connectivity index (χ0) is 11.3. The van der Waals surface area contributed by atoms with Gasteiger partial charge >= 0.3 is 0 Å². The molecular formula is C13H21NS. The minimum absolute atomic E-state index is 0.448. The highest BCUT2D eigenvalue weighted by Gasteiger charge is 2.04. The molecule has 1 rings (SSSR count). The van der Waals surface area contributed by atoms with Crippen molar-refractivity contribution in [2.75, 3.05) is 12.8 Å². The number of thioether (sulfide) groups is 1. The quantitative estimate of drug-likeness (QED) is 0.764. The highest BCUT2D eigenvalue weighted by Crippen LogP contribution is 2.18. The van der Waals surface area contributed by atoms with Crippen molar-refractivity contribution >= 4 is 11.8 Å². The van der Waals surface area contributed by atoms with Gasteiger partial charge in [-0.15, -0.1) is 11.8 Å². The van der Waals surface area contributed by atoms with Crippen LogP contribution in [0.2, 0.25) is 0 Å². The molecule has 0 aromatic heterocycles. The lowest BCUT2D eigenvalue weighted by Gasteiger charge is -2.16. The van der Waals surface area contributed by atoms with Crippen LogP contribution in [0.15, 0.2) is 29.2 Å². The largest absolute Gasteiger partial charge is 0.310 e. The molecule has 0 saturated heterocycles. The van der Waals surface area contributed by atoms with Gasteiger partial charge in [-0.25, -0.2) is 0 Å². The molecule has 1 atom stereocenters. The smallest absolute Gasteiger partial charge is 0.0291 e. The van der Waals surface area contributed by atoms with Gasteiger partial charge in [0.05, 0.1) is 0 Å². The van der Waals surface area contributed by atoms with E-state index < -0.39 is 0 Å². The van der Waals surface area contributed by atoms with Gasteiger partial charge in [0, 0.05) is 10.9 Å². The van der Waals surface area contributed by atoms with Crippen LogP contribution in [-0.4, -0.2) is 12.8 Å². The Bertz CT molecular complexity index is 279. The van der Waals surface area contributed by atoms with Crippen LogP contribution in [0.4, 0.5) is 0 Å². The first-order valence-corrected chi connectivity index (χ1v) is 6.73. The molecule has 0 aliphatic carbocycles. The molecule has 84 valence electrons. The van der Waals surface area contributed by atoms with E-state index in [4.69, 9.17) is 0 Å². The van der Waals surface area contributed by atoms with Crippen molar-refractivity contribution in [3.63, 3.8) is 0 Å². The van der Waals surface area contributed by atoms with Crippen molar-refractivity contribution < 1.29 is 0 Å². The summed E-state index contributed by atoms with van der Waals surface area (Å²) in [4.78, 5) is 1.33. The van der Waals surface area contributed by atoms with Crippen LogP contribution in [0.1, 0.15) is 32.4 Å². The van der Waals surface area contributed by atoms with Gasteiger partial charge in [0.15, 0.2) is 0 Å². The van der Waals surface area contributed by atoms with Crippen LogP contribution in [0, 0.1) is 5.92 Å². The van der Waals surface area contributed by atoms with E-state index in [1.54, 1.807) is 11.8 Å². The standard InChI is InChI=1S/C13H21NS/c1-10(2)9-14-11(3)12-5-7-13(15-4)8-6-12/h5-8,10-11,14H,9H2,1-4H3/t11-/m0/s1. The van der Waals surface area contributed by atoms with Crippen LogP contribution in [0.5, 0.6) is 0 Å². The van der Waals surface area contributed by atoms with E-state index >= 15 is 0 Å². The number of nitrogens with one attached hydrogen (secondary N) is 1. The highest BCUT2D eigenvalue weighted by atomic mass is 32.2. The van der Waals surface area contributed by atoms with E-state index in [1.165, 1.54) is 10.5 Å². The first kappa shape index (κ1) is 12.6. The fraction of sp³-hybridized carbons (Fsp3) is 0.538. The summed E-state index contributed by atoms with van der Waals surface area (Å²) in [7, 11) is 0. The first-order valence-electron chi connectivity index (χ1n) is 5.50. The zero-order valence-corrected chi connectivity index (χ0v) is 10.9. The molecule has 0 amide bonds. The van der Waals surface area contributed by atoms with Crippen molar-refractivity contribution in [1.29, 1.82) is 0 Å². The Hall–Kier alpha value is -0.470. The maximum atomic E-state index is 3.53. The van der Waals surface area contributed by atoms with Gasteiger partial charge in [0.25, 0.3) is 0 Å². The average molecular weight is 223 g/mol. The fourth-order valence-electron chi connectivity index (χ4n) is 1.42. The van der Waals surface area contributed by atoms with E-state index in [0.29, 0.717) is 12.0 Å². The van der Waals surface area contributed by atoms with Crippen LogP contribution < -0.4 is 5.32 Å². The Labute approximate surface area is 97.7 Å². The second-order valence-electron chi connectivity index (χ2n) is 4.30. The van der Waals surface area contributed by atoms with Gasteiger partial charge in [-0.3, -0.25) is 0 Å². The SMILES string of the molecule is CSc1ccc([C@H](C)NCC(C)C)cc1. The Kier molecular flexibility index (Phi) is 5.20. The Morgan fingerprint density at radius 1 is 1.13 bits per heavy atom. The van der Waals surface area contributed by atoms with Crippen molar-refractivity contribution in [2.45, 2.75) is 31.7 Å². The van der Waals surface area contributed by atoms with Crippen LogP contribution >= 0.6 is 11.8 Å². The third kappa shape index (κ3) is 4.27. The van der Waals surface area contributed by atoms with Gasteiger partial charge in [0.2, 0.25) is 0 Å². The maximum Gasteiger partial charge on any atom is 0.0291 e. The fourth-order valence-corrected chi connectivity index (χ4v) is 1.83. The zero-order valence-electron chi connectivity index (χ0n) is 10.1. The molecule has 0 spiro atoms.